The lowest BCUT2D eigenvalue weighted by molar-refractivity contribution is 0.339. The van der Waals surface area contributed by atoms with Crippen LogP contribution in [0.4, 0.5) is 0 Å². The van der Waals surface area contributed by atoms with E-state index < -0.39 is 10.0 Å². The Hall–Kier alpha value is -1.56. The lowest BCUT2D eigenvalue weighted by Crippen LogP contribution is -2.41. The van der Waals surface area contributed by atoms with Gasteiger partial charge >= 0.3 is 0 Å². The molecule has 0 atom stereocenters. The van der Waals surface area contributed by atoms with Gasteiger partial charge in [-0.05, 0) is 42.9 Å². The van der Waals surface area contributed by atoms with Crippen molar-refractivity contribution in [2.24, 2.45) is 10.1 Å². The molecule has 2 rings (SSSR count). The van der Waals surface area contributed by atoms with Crippen LogP contribution in [-0.2, 0) is 10.0 Å². The molecule has 6 heteroatoms. The summed E-state index contributed by atoms with van der Waals surface area (Å²) in [6, 6.07) is 6.84. The Balaban J connectivity index is 2.20. The topological polar surface area (TPSA) is 75.8 Å². The number of sulfonamides is 1. The number of hydrogen-bond acceptors (Lipinski definition) is 2. The Bertz CT molecular complexity index is 600. The lowest BCUT2D eigenvalue weighted by Gasteiger charge is -2.27. The first-order valence-electron chi connectivity index (χ1n) is 7.35. The highest BCUT2D eigenvalue weighted by Crippen LogP contribution is 2.19. The molecule has 1 fully saturated rings. The number of likely N-dealkylation sites (tertiary alicyclic amines) is 1. The van der Waals surface area contributed by atoms with Gasteiger partial charge in [-0.1, -0.05) is 26.0 Å². The van der Waals surface area contributed by atoms with E-state index in [0.717, 1.165) is 37.9 Å². The van der Waals surface area contributed by atoms with Crippen LogP contribution in [0.25, 0.3) is 0 Å². The zero-order valence-electron chi connectivity index (χ0n) is 12.6. The molecule has 0 aromatic heterocycles. The van der Waals surface area contributed by atoms with Crippen molar-refractivity contribution in [3.63, 3.8) is 0 Å². The van der Waals surface area contributed by atoms with Crippen LogP contribution >= 0.6 is 0 Å². The average Bonchev–Trinajstić information content (AvgIpc) is 2.48. The normalized spacial score (nSPS) is 17.3. The molecule has 0 unspecified atom stereocenters. The van der Waals surface area contributed by atoms with Gasteiger partial charge in [0.05, 0.1) is 4.90 Å². The first kappa shape index (κ1) is 15.8. The predicted molar refractivity (Wildman–Crippen MR) is 84.8 cm³/mol. The first-order chi connectivity index (χ1) is 9.90. The number of guanidine groups is 1. The minimum absolute atomic E-state index is 0.0997. The maximum Gasteiger partial charge on any atom is 0.285 e. The van der Waals surface area contributed by atoms with Gasteiger partial charge in [0.25, 0.3) is 10.0 Å². The summed E-state index contributed by atoms with van der Waals surface area (Å²) in [6.07, 6.45) is 3.21. The SMILES string of the molecule is CC(C)c1ccc(S(=O)(=O)N=C(N)N2CCCCC2)cc1. The van der Waals surface area contributed by atoms with Crippen molar-refractivity contribution in [1.29, 1.82) is 0 Å². The third kappa shape index (κ3) is 3.97. The fourth-order valence-electron chi connectivity index (χ4n) is 2.38. The second kappa shape index (κ2) is 6.47. The Labute approximate surface area is 126 Å². The standard InChI is InChI=1S/C15H23N3O2S/c1-12(2)13-6-8-14(9-7-13)21(19,20)17-15(16)18-10-4-3-5-11-18/h6-9,12H,3-5,10-11H2,1-2H3,(H2,16,17). The van der Waals surface area contributed by atoms with Crippen LogP contribution in [0.15, 0.2) is 33.6 Å². The van der Waals surface area contributed by atoms with Gasteiger partial charge in [0.1, 0.15) is 0 Å². The molecule has 0 amide bonds. The molecule has 1 heterocycles. The van der Waals surface area contributed by atoms with Crippen LogP contribution in [0, 0.1) is 0 Å². The highest BCUT2D eigenvalue weighted by molar-refractivity contribution is 7.90. The third-order valence-electron chi connectivity index (χ3n) is 3.74. The second-order valence-corrected chi connectivity index (χ2v) is 7.30. The molecule has 0 spiro atoms. The number of hydrogen-bond donors (Lipinski definition) is 1. The number of benzene rings is 1. The number of nitrogens with two attached hydrogens (primary N) is 1. The van der Waals surface area contributed by atoms with E-state index in [4.69, 9.17) is 5.73 Å². The number of piperidine rings is 1. The molecule has 1 aromatic rings. The van der Waals surface area contributed by atoms with Crippen molar-refractivity contribution in [1.82, 2.24) is 4.90 Å². The summed E-state index contributed by atoms with van der Waals surface area (Å²) < 4.78 is 28.3. The summed E-state index contributed by atoms with van der Waals surface area (Å²) in [5.41, 5.74) is 6.95. The molecule has 5 nitrogen and oxygen atoms in total. The Morgan fingerprint density at radius 3 is 2.24 bits per heavy atom. The van der Waals surface area contributed by atoms with Crippen LogP contribution in [0.1, 0.15) is 44.6 Å². The van der Waals surface area contributed by atoms with Crippen molar-refractivity contribution in [3.05, 3.63) is 29.8 Å². The van der Waals surface area contributed by atoms with Gasteiger partial charge in [0.2, 0.25) is 5.96 Å². The van der Waals surface area contributed by atoms with Gasteiger partial charge < -0.3 is 10.6 Å². The zero-order valence-corrected chi connectivity index (χ0v) is 13.4. The Kier molecular flexibility index (Phi) is 4.88. The van der Waals surface area contributed by atoms with Crippen LogP contribution in [0.2, 0.25) is 0 Å². The van der Waals surface area contributed by atoms with Crippen molar-refractivity contribution < 1.29 is 8.42 Å². The van der Waals surface area contributed by atoms with Gasteiger partial charge in [-0.2, -0.15) is 8.42 Å². The highest BCUT2D eigenvalue weighted by Gasteiger charge is 2.18. The molecule has 2 N–H and O–H groups in total. The molecule has 0 radical (unpaired) electrons. The quantitative estimate of drug-likeness (QED) is 0.686. The summed E-state index contributed by atoms with van der Waals surface area (Å²) in [7, 11) is -3.73. The molecular formula is C15H23N3O2S. The molecule has 0 saturated carbocycles. The van der Waals surface area contributed by atoms with Crippen molar-refractivity contribution in [2.45, 2.75) is 43.9 Å². The minimum Gasteiger partial charge on any atom is -0.369 e. The van der Waals surface area contributed by atoms with Crippen LogP contribution < -0.4 is 5.73 Å². The van der Waals surface area contributed by atoms with Crippen molar-refractivity contribution >= 4 is 16.0 Å². The van der Waals surface area contributed by atoms with E-state index >= 15 is 0 Å². The smallest absolute Gasteiger partial charge is 0.285 e. The molecule has 0 aliphatic carbocycles. The molecule has 1 aromatic carbocycles. The van der Waals surface area contributed by atoms with E-state index in [-0.39, 0.29) is 10.9 Å². The van der Waals surface area contributed by atoms with Gasteiger partial charge in [-0.25, -0.2) is 0 Å². The highest BCUT2D eigenvalue weighted by atomic mass is 32.2. The van der Waals surface area contributed by atoms with E-state index in [2.05, 4.69) is 18.2 Å². The molecule has 116 valence electrons. The average molecular weight is 309 g/mol. The minimum atomic E-state index is -3.73. The summed E-state index contributed by atoms with van der Waals surface area (Å²) >= 11 is 0. The second-order valence-electron chi connectivity index (χ2n) is 5.70. The largest absolute Gasteiger partial charge is 0.369 e. The maximum absolute atomic E-state index is 12.3. The molecule has 21 heavy (non-hydrogen) atoms. The zero-order chi connectivity index (χ0) is 15.5. The van der Waals surface area contributed by atoms with E-state index in [1.54, 1.807) is 12.1 Å². The summed E-state index contributed by atoms with van der Waals surface area (Å²) in [6.45, 7) is 5.68. The monoisotopic (exact) mass is 309 g/mol. The van der Waals surface area contributed by atoms with Gasteiger partial charge in [0.15, 0.2) is 0 Å². The van der Waals surface area contributed by atoms with E-state index in [0.29, 0.717) is 5.92 Å². The first-order valence-corrected chi connectivity index (χ1v) is 8.79. The van der Waals surface area contributed by atoms with Crippen molar-refractivity contribution in [3.8, 4) is 0 Å². The van der Waals surface area contributed by atoms with E-state index in [1.165, 1.54) is 0 Å². The Morgan fingerprint density at radius 1 is 1.14 bits per heavy atom. The van der Waals surface area contributed by atoms with Crippen LogP contribution in [-0.4, -0.2) is 32.4 Å². The van der Waals surface area contributed by atoms with Crippen LogP contribution in [0.3, 0.4) is 0 Å². The number of rotatable bonds is 3. The predicted octanol–water partition coefficient (Wildman–Crippen LogP) is 2.30. The summed E-state index contributed by atoms with van der Waals surface area (Å²) in [4.78, 5) is 2.02. The van der Waals surface area contributed by atoms with Gasteiger partial charge in [0, 0.05) is 13.1 Å². The molecular weight excluding hydrogens is 286 g/mol. The molecule has 0 bridgehead atoms. The maximum atomic E-state index is 12.3. The molecule has 1 aliphatic rings. The lowest BCUT2D eigenvalue weighted by atomic mass is 10.0. The van der Waals surface area contributed by atoms with E-state index in [1.807, 2.05) is 17.0 Å². The summed E-state index contributed by atoms with van der Waals surface area (Å²) in [5.74, 6) is 0.464. The van der Waals surface area contributed by atoms with Crippen molar-refractivity contribution in [2.75, 3.05) is 13.1 Å². The third-order valence-corrected chi connectivity index (χ3v) is 5.03. The molecule has 1 aliphatic heterocycles. The van der Waals surface area contributed by atoms with Crippen LogP contribution in [0.5, 0.6) is 0 Å². The number of nitrogens with zero attached hydrogens (tertiary/aromatic N) is 2. The fraction of sp³-hybridized carbons (Fsp3) is 0.533. The van der Waals surface area contributed by atoms with Gasteiger partial charge in [-0.15, -0.1) is 4.40 Å². The fourth-order valence-corrected chi connectivity index (χ4v) is 3.33. The summed E-state index contributed by atoms with van der Waals surface area (Å²) in [5, 5.41) is 0. The Morgan fingerprint density at radius 2 is 1.71 bits per heavy atom. The van der Waals surface area contributed by atoms with Gasteiger partial charge in [-0.3, -0.25) is 0 Å². The van der Waals surface area contributed by atoms with E-state index in [9.17, 15) is 8.42 Å². The molecule has 1 saturated heterocycles.